The molecule has 20 heavy (non-hydrogen) atoms. The molecule has 0 saturated carbocycles. The van der Waals surface area contributed by atoms with E-state index >= 15 is 0 Å². The van der Waals surface area contributed by atoms with Gasteiger partial charge in [-0.25, -0.2) is 4.98 Å². The Hall–Kier alpha value is -1.09. The maximum Gasteiger partial charge on any atom is 0.188 e. The van der Waals surface area contributed by atoms with Gasteiger partial charge in [-0.05, 0) is 18.6 Å². The molecule has 4 N–H and O–H groups in total. The first kappa shape index (κ1) is 17.0. The summed E-state index contributed by atoms with van der Waals surface area (Å²) in [6, 6.07) is 8.12. The third kappa shape index (κ3) is 5.12. The number of guanidine groups is 1. The Morgan fingerprint density at radius 3 is 2.90 bits per heavy atom. The lowest BCUT2D eigenvalue weighted by Crippen LogP contribution is -2.35. The van der Waals surface area contributed by atoms with Gasteiger partial charge in [-0.2, -0.15) is 0 Å². The van der Waals surface area contributed by atoms with Gasteiger partial charge in [0.05, 0.1) is 10.2 Å². The molecule has 1 aromatic carbocycles. The zero-order valence-corrected chi connectivity index (χ0v) is 14.6. The van der Waals surface area contributed by atoms with Gasteiger partial charge in [0.1, 0.15) is 0 Å². The van der Waals surface area contributed by atoms with Crippen molar-refractivity contribution in [1.82, 2.24) is 10.3 Å². The number of hydrogen-bond acceptors (Lipinski definition) is 4. The maximum absolute atomic E-state index is 5.70. The summed E-state index contributed by atoms with van der Waals surface area (Å²) in [6.45, 7) is 4.34. The molecule has 2 aromatic rings. The molecule has 0 aliphatic heterocycles. The van der Waals surface area contributed by atoms with Crippen LogP contribution < -0.4 is 16.4 Å². The standard InChI is InChI=1S/C13H19N5S.HI/c1-2-7-15-12(14)16-8-9-17-13-18-10-5-3-4-6-11(10)19-13;/h3-6H,2,7-9H2,1H3,(H,17,18)(H3,14,15,16);1H. The number of rotatable bonds is 6. The molecule has 0 saturated heterocycles. The number of aromatic nitrogens is 1. The zero-order valence-electron chi connectivity index (χ0n) is 11.4. The fourth-order valence-corrected chi connectivity index (χ4v) is 2.49. The minimum Gasteiger partial charge on any atom is -0.370 e. The Bertz CT molecular complexity index is 521. The first-order valence-electron chi connectivity index (χ1n) is 6.43. The molecule has 1 heterocycles. The normalized spacial score (nSPS) is 11.2. The predicted molar refractivity (Wildman–Crippen MR) is 98.3 cm³/mol. The van der Waals surface area contributed by atoms with Crippen LogP contribution in [-0.4, -0.2) is 30.6 Å². The van der Waals surface area contributed by atoms with E-state index in [1.54, 1.807) is 11.3 Å². The van der Waals surface area contributed by atoms with Gasteiger partial charge >= 0.3 is 0 Å². The second-order valence-electron chi connectivity index (χ2n) is 4.11. The largest absolute Gasteiger partial charge is 0.370 e. The van der Waals surface area contributed by atoms with Crippen molar-refractivity contribution in [2.75, 3.05) is 25.0 Å². The third-order valence-electron chi connectivity index (χ3n) is 2.51. The molecule has 110 valence electrons. The van der Waals surface area contributed by atoms with E-state index in [2.05, 4.69) is 33.6 Å². The monoisotopic (exact) mass is 405 g/mol. The van der Waals surface area contributed by atoms with Gasteiger partial charge < -0.3 is 16.4 Å². The molecule has 0 radical (unpaired) electrons. The van der Waals surface area contributed by atoms with Crippen LogP contribution in [-0.2, 0) is 0 Å². The van der Waals surface area contributed by atoms with E-state index in [9.17, 15) is 0 Å². The molecule has 0 aliphatic rings. The van der Waals surface area contributed by atoms with E-state index in [0.29, 0.717) is 5.96 Å². The van der Waals surface area contributed by atoms with Crippen LogP contribution in [0.15, 0.2) is 29.3 Å². The number of thiazole rings is 1. The maximum atomic E-state index is 5.70. The van der Waals surface area contributed by atoms with Crippen molar-refractivity contribution in [2.24, 2.45) is 10.7 Å². The number of para-hydroxylation sites is 1. The van der Waals surface area contributed by atoms with E-state index in [1.165, 1.54) is 4.70 Å². The van der Waals surface area contributed by atoms with Gasteiger partial charge in [0.25, 0.3) is 0 Å². The number of anilines is 1. The summed E-state index contributed by atoms with van der Waals surface area (Å²) >= 11 is 1.66. The third-order valence-corrected chi connectivity index (χ3v) is 3.50. The van der Waals surface area contributed by atoms with Gasteiger partial charge in [0, 0.05) is 19.6 Å². The summed E-state index contributed by atoms with van der Waals surface area (Å²) < 4.78 is 1.20. The minimum absolute atomic E-state index is 0. The van der Waals surface area contributed by atoms with Gasteiger partial charge in [-0.1, -0.05) is 30.4 Å². The highest BCUT2D eigenvalue weighted by Gasteiger charge is 2.01. The SMILES string of the molecule is CCCN=C(N)NCCNc1nc2ccccc2s1.I. The van der Waals surface area contributed by atoms with Crippen LogP contribution in [0, 0.1) is 0 Å². The van der Waals surface area contributed by atoms with Crippen LogP contribution >= 0.6 is 35.3 Å². The highest BCUT2D eigenvalue weighted by Crippen LogP contribution is 2.24. The van der Waals surface area contributed by atoms with Crippen molar-refractivity contribution in [2.45, 2.75) is 13.3 Å². The van der Waals surface area contributed by atoms with Crippen LogP contribution in [0.1, 0.15) is 13.3 Å². The number of benzene rings is 1. The molecule has 0 atom stereocenters. The lowest BCUT2D eigenvalue weighted by Gasteiger charge is -2.05. The zero-order chi connectivity index (χ0) is 13.5. The van der Waals surface area contributed by atoms with Crippen molar-refractivity contribution in [1.29, 1.82) is 0 Å². The fourth-order valence-electron chi connectivity index (χ4n) is 1.60. The first-order chi connectivity index (χ1) is 9.29. The highest BCUT2D eigenvalue weighted by atomic mass is 127. The van der Waals surface area contributed by atoms with Gasteiger partial charge in [0.15, 0.2) is 11.1 Å². The van der Waals surface area contributed by atoms with Crippen LogP contribution in [0.3, 0.4) is 0 Å². The number of hydrogen-bond donors (Lipinski definition) is 3. The van der Waals surface area contributed by atoms with E-state index in [1.807, 2.05) is 18.2 Å². The van der Waals surface area contributed by atoms with Crippen LogP contribution in [0.25, 0.3) is 10.2 Å². The van der Waals surface area contributed by atoms with Crippen molar-refractivity contribution in [3.8, 4) is 0 Å². The average Bonchev–Trinajstić information content (AvgIpc) is 2.84. The average molecular weight is 405 g/mol. The van der Waals surface area contributed by atoms with Crippen LogP contribution in [0.2, 0.25) is 0 Å². The van der Waals surface area contributed by atoms with Crippen molar-refractivity contribution in [3.63, 3.8) is 0 Å². The number of halogens is 1. The summed E-state index contributed by atoms with van der Waals surface area (Å²) in [5.74, 6) is 0.507. The summed E-state index contributed by atoms with van der Waals surface area (Å²) in [5, 5.41) is 7.28. The molecular formula is C13H20IN5S. The Labute approximate surface area is 140 Å². The molecule has 7 heteroatoms. The lowest BCUT2D eigenvalue weighted by molar-refractivity contribution is 0.865. The summed E-state index contributed by atoms with van der Waals surface area (Å²) in [5.41, 5.74) is 6.73. The number of fused-ring (bicyclic) bond motifs is 1. The van der Waals surface area contributed by atoms with Crippen molar-refractivity contribution < 1.29 is 0 Å². The highest BCUT2D eigenvalue weighted by molar-refractivity contribution is 14.0. The number of nitrogens with one attached hydrogen (secondary N) is 2. The summed E-state index contributed by atoms with van der Waals surface area (Å²) in [7, 11) is 0. The van der Waals surface area contributed by atoms with Crippen molar-refractivity contribution in [3.05, 3.63) is 24.3 Å². The lowest BCUT2D eigenvalue weighted by atomic mass is 10.3. The Morgan fingerprint density at radius 2 is 2.15 bits per heavy atom. The van der Waals surface area contributed by atoms with Crippen LogP contribution in [0.5, 0.6) is 0 Å². The fraction of sp³-hybridized carbons (Fsp3) is 0.385. The first-order valence-corrected chi connectivity index (χ1v) is 7.24. The molecular weight excluding hydrogens is 385 g/mol. The molecule has 0 unspecified atom stereocenters. The van der Waals surface area contributed by atoms with E-state index < -0.39 is 0 Å². The molecule has 5 nitrogen and oxygen atoms in total. The molecule has 0 spiro atoms. The smallest absolute Gasteiger partial charge is 0.188 e. The molecule has 1 aromatic heterocycles. The van der Waals surface area contributed by atoms with Gasteiger partial charge in [0.2, 0.25) is 0 Å². The molecule has 0 amide bonds. The summed E-state index contributed by atoms with van der Waals surface area (Å²) in [6.07, 6.45) is 1.01. The minimum atomic E-state index is 0. The molecule has 0 bridgehead atoms. The quantitative estimate of drug-likeness (QED) is 0.299. The Kier molecular flexibility index (Phi) is 7.60. The summed E-state index contributed by atoms with van der Waals surface area (Å²) in [4.78, 5) is 8.66. The van der Waals surface area contributed by atoms with Crippen LogP contribution in [0.4, 0.5) is 5.13 Å². The second-order valence-corrected chi connectivity index (χ2v) is 5.14. The topological polar surface area (TPSA) is 75.3 Å². The number of nitrogens with two attached hydrogens (primary N) is 1. The van der Waals surface area contributed by atoms with E-state index in [-0.39, 0.29) is 24.0 Å². The van der Waals surface area contributed by atoms with Crippen molar-refractivity contribution >= 4 is 56.6 Å². The Balaban J connectivity index is 0.00000200. The number of aliphatic imine (C=N–C) groups is 1. The molecule has 0 aliphatic carbocycles. The Morgan fingerprint density at radius 1 is 1.35 bits per heavy atom. The molecule has 2 rings (SSSR count). The second kappa shape index (κ2) is 8.96. The van der Waals surface area contributed by atoms with Gasteiger partial charge in [-0.15, -0.1) is 24.0 Å². The van der Waals surface area contributed by atoms with E-state index in [0.717, 1.165) is 36.7 Å². The van der Waals surface area contributed by atoms with E-state index in [4.69, 9.17) is 5.73 Å². The number of nitrogens with zero attached hydrogens (tertiary/aromatic N) is 2. The molecule has 0 fully saturated rings. The predicted octanol–water partition coefficient (Wildman–Crippen LogP) is 2.64. The van der Waals surface area contributed by atoms with Gasteiger partial charge in [-0.3, -0.25) is 4.99 Å².